The highest BCUT2D eigenvalue weighted by atomic mass is 19.1. The van der Waals surface area contributed by atoms with Gasteiger partial charge in [-0.3, -0.25) is 0 Å². The largest absolute Gasteiger partial charge is 0.375 e. The second-order valence-electron chi connectivity index (χ2n) is 3.39. The van der Waals surface area contributed by atoms with Crippen LogP contribution in [-0.4, -0.2) is 10.1 Å². The normalized spacial score (nSPS) is 9.94. The predicted molar refractivity (Wildman–Crippen MR) is 57.5 cm³/mol. The lowest BCUT2D eigenvalue weighted by Gasteiger charge is -2.04. The monoisotopic (exact) mass is 232 g/mol. The summed E-state index contributed by atoms with van der Waals surface area (Å²) in [5, 5.41) is 15.1. The third-order valence-electron chi connectivity index (χ3n) is 2.10. The van der Waals surface area contributed by atoms with Gasteiger partial charge in [-0.25, -0.2) is 4.39 Å². The number of nitrogens with one attached hydrogen (secondary N) is 1. The van der Waals surface area contributed by atoms with E-state index in [0.717, 1.165) is 0 Å². The Hall–Kier alpha value is -2.42. The van der Waals surface area contributed by atoms with Crippen LogP contribution in [0.1, 0.15) is 17.3 Å². The summed E-state index contributed by atoms with van der Waals surface area (Å²) in [6, 6.07) is 6.07. The molecule has 0 saturated heterocycles. The number of aryl methyl sites for hydroxylation is 1. The van der Waals surface area contributed by atoms with Gasteiger partial charge in [0, 0.05) is 6.92 Å². The first-order valence-corrected chi connectivity index (χ1v) is 4.92. The van der Waals surface area contributed by atoms with Crippen molar-refractivity contribution in [1.29, 1.82) is 5.26 Å². The van der Waals surface area contributed by atoms with Crippen molar-refractivity contribution in [2.75, 3.05) is 5.32 Å². The molecule has 2 aromatic rings. The molecule has 17 heavy (non-hydrogen) atoms. The smallest absolute Gasteiger partial charge is 0.223 e. The van der Waals surface area contributed by atoms with Crippen molar-refractivity contribution in [2.45, 2.75) is 13.5 Å². The first kappa shape index (κ1) is 11.1. The summed E-state index contributed by atoms with van der Waals surface area (Å²) in [6.45, 7) is 1.94. The van der Waals surface area contributed by atoms with Crippen molar-refractivity contribution in [1.82, 2.24) is 10.1 Å². The minimum absolute atomic E-state index is 0.264. The zero-order chi connectivity index (χ0) is 12.3. The van der Waals surface area contributed by atoms with Crippen LogP contribution in [0, 0.1) is 24.1 Å². The molecule has 0 saturated carbocycles. The Labute approximate surface area is 96.9 Å². The highest BCUT2D eigenvalue weighted by Gasteiger charge is 2.05. The summed E-state index contributed by atoms with van der Waals surface area (Å²) < 4.78 is 18.2. The second kappa shape index (κ2) is 4.61. The molecule has 1 aromatic heterocycles. The molecule has 1 N–H and O–H groups in total. The van der Waals surface area contributed by atoms with E-state index < -0.39 is 5.82 Å². The molecule has 0 amide bonds. The number of nitriles is 1. The summed E-state index contributed by atoms with van der Waals surface area (Å²) in [4.78, 5) is 3.97. The maximum Gasteiger partial charge on any atom is 0.223 e. The number of hydrogen-bond donors (Lipinski definition) is 1. The Kier molecular flexibility index (Phi) is 3.01. The van der Waals surface area contributed by atoms with E-state index >= 15 is 0 Å². The number of anilines is 1. The van der Waals surface area contributed by atoms with Crippen molar-refractivity contribution in [3.05, 3.63) is 41.3 Å². The van der Waals surface area contributed by atoms with Crippen LogP contribution in [0.2, 0.25) is 0 Å². The lowest BCUT2D eigenvalue weighted by atomic mass is 10.2. The minimum atomic E-state index is -0.482. The van der Waals surface area contributed by atoms with E-state index in [0.29, 0.717) is 17.4 Å². The lowest BCUT2D eigenvalue weighted by Crippen LogP contribution is -2.03. The van der Waals surface area contributed by atoms with Gasteiger partial charge in [-0.1, -0.05) is 5.16 Å². The third-order valence-corrected chi connectivity index (χ3v) is 2.10. The van der Waals surface area contributed by atoms with Gasteiger partial charge in [0.2, 0.25) is 5.89 Å². The average molecular weight is 232 g/mol. The van der Waals surface area contributed by atoms with Crippen LogP contribution in [0.3, 0.4) is 0 Å². The number of nitrogens with zero attached hydrogens (tertiary/aromatic N) is 3. The molecule has 0 aliphatic rings. The van der Waals surface area contributed by atoms with Crippen LogP contribution < -0.4 is 5.32 Å². The van der Waals surface area contributed by atoms with Gasteiger partial charge in [-0.05, 0) is 18.2 Å². The van der Waals surface area contributed by atoms with Gasteiger partial charge in [-0.2, -0.15) is 10.2 Å². The zero-order valence-corrected chi connectivity index (χ0v) is 9.07. The molecule has 86 valence electrons. The Morgan fingerprint density at radius 2 is 2.35 bits per heavy atom. The quantitative estimate of drug-likeness (QED) is 0.875. The third kappa shape index (κ3) is 2.58. The van der Waals surface area contributed by atoms with E-state index in [2.05, 4.69) is 15.5 Å². The fourth-order valence-corrected chi connectivity index (χ4v) is 1.32. The van der Waals surface area contributed by atoms with Gasteiger partial charge >= 0.3 is 0 Å². The summed E-state index contributed by atoms with van der Waals surface area (Å²) in [5.74, 6) is 0.428. The van der Waals surface area contributed by atoms with Gasteiger partial charge < -0.3 is 9.84 Å². The summed E-state index contributed by atoms with van der Waals surface area (Å²) in [7, 11) is 0. The topological polar surface area (TPSA) is 74.7 Å². The van der Waals surface area contributed by atoms with Crippen molar-refractivity contribution in [3.63, 3.8) is 0 Å². The van der Waals surface area contributed by atoms with Crippen LogP contribution in [0.5, 0.6) is 0 Å². The van der Waals surface area contributed by atoms with Crippen molar-refractivity contribution in [2.24, 2.45) is 0 Å². The van der Waals surface area contributed by atoms with Gasteiger partial charge in [-0.15, -0.1) is 0 Å². The zero-order valence-electron chi connectivity index (χ0n) is 9.07. The molecule has 0 bridgehead atoms. The fourth-order valence-electron chi connectivity index (χ4n) is 1.32. The molecule has 0 aliphatic carbocycles. The second-order valence-corrected chi connectivity index (χ2v) is 3.39. The molecule has 0 spiro atoms. The van der Waals surface area contributed by atoms with Crippen LogP contribution in [0.15, 0.2) is 22.7 Å². The molecular formula is C11H9FN4O. The molecule has 0 atom stereocenters. The van der Waals surface area contributed by atoms with Crippen molar-refractivity contribution < 1.29 is 8.91 Å². The van der Waals surface area contributed by atoms with E-state index in [4.69, 9.17) is 9.78 Å². The predicted octanol–water partition coefficient (Wildman–Crippen LogP) is 2.00. The molecule has 1 heterocycles. The maximum atomic E-state index is 13.5. The Morgan fingerprint density at radius 1 is 1.53 bits per heavy atom. The van der Waals surface area contributed by atoms with E-state index in [1.54, 1.807) is 6.92 Å². The average Bonchev–Trinajstić information content (AvgIpc) is 2.73. The molecule has 2 rings (SSSR count). The highest BCUT2D eigenvalue weighted by molar-refractivity contribution is 5.48. The Balaban J connectivity index is 2.07. The molecule has 0 radical (unpaired) electrons. The van der Waals surface area contributed by atoms with Crippen LogP contribution >= 0.6 is 0 Å². The fraction of sp³-hybridized carbons (Fsp3) is 0.182. The molecule has 0 aliphatic heterocycles. The van der Waals surface area contributed by atoms with Gasteiger partial charge in [0.25, 0.3) is 0 Å². The Bertz CT molecular complexity index is 573. The number of halogens is 1. The molecule has 5 nitrogen and oxygen atoms in total. The van der Waals surface area contributed by atoms with Crippen LogP contribution in [0.25, 0.3) is 0 Å². The standard InChI is InChI=1S/C11H9FN4O/c1-7-15-11(16-17-7)6-14-10-3-2-8(5-13)4-9(10)12/h2-4,14H,6H2,1H3. The summed E-state index contributed by atoms with van der Waals surface area (Å²) in [5.41, 5.74) is 0.579. The van der Waals surface area contributed by atoms with Gasteiger partial charge in [0.15, 0.2) is 5.82 Å². The molecule has 0 unspecified atom stereocenters. The lowest BCUT2D eigenvalue weighted by molar-refractivity contribution is 0.388. The SMILES string of the molecule is Cc1nc(CNc2ccc(C#N)cc2F)no1. The maximum absolute atomic E-state index is 13.5. The van der Waals surface area contributed by atoms with E-state index in [1.807, 2.05) is 6.07 Å². The van der Waals surface area contributed by atoms with E-state index in [-0.39, 0.29) is 12.1 Å². The summed E-state index contributed by atoms with van der Waals surface area (Å²) in [6.07, 6.45) is 0. The Morgan fingerprint density at radius 3 is 2.94 bits per heavy atom. The molecular weight excluding hydrogens is 223 g/mol. The number of benzene rings is 1. The van der Waals surface area contributed by atoms with Gasteiger partial charge in [0.1, 0.15) is 5.82 Å². The highest BCUT2D eigenvalue weighted by Crippen LogP contribution is 2.15. The molecule has 6 heteroatoms. The van der Waals surface area contributed by atoms with Gasteiger partial charge in [0.05, 0.1) is 23.9 Å². The number of rotatable bonds is 3. The molecule has 1 aromatic carbocycles. The van der Waals surface area contributed by atoms with Crippen LogP contribution in [-0.2, 0) is 6.54 Å². The van der Waals surface area contributed by atoms with Crippen molar-refractivity contribution >= 4 is 5.69 Å². The summed E-state index contributed by atoms with van der Waals surface area (Å²) >= 11 is 0. The molecule has 0 fully saturated rings. The first-order valence-electron chi connectivity index (χ1n) is 4.92. The van der Waals surface area contributed by atoms with Crippen molar-refractivity contribution in [3.8, 4) is 6.07 Å². The minimum Gasteiger partial charge on any atom is -0.375 e. The van der Waals surface area contributed by atoms with Crippen LogP contribution in [0.4, 0.5) is 10.1 Å². The van der Waals surface area contributed by atoms with E-state index in [9.17, 15) is 4.39 Å². The first-order chi connectivity index (χ1) is 8.19. The number of hydrogen-bond acceptors (Lipinski definition) is 5. The van der Waals surface area contributed by atoms with E-state index in [1.165, 1.54) is 18.2 Å². The number of aromatic nitrogens is 2.